The van der Waals surface area contributed by atoms with Crippen LogP contribution >= 0.6 is 0 Å². The highest BCUT2D eigenvalue weighted by Gasteiger charge is 2.44. The van der Waals surface area contributed by atoms with Crippen molar-refractivity contribution < 1.29 is 19.0 Å². The molecule has 3 N–H and O–H groups in total. The quantitative estimate of drug-likeness (QED) is 0.854. The van der Waals surface area contributed by atoms with E-state index < -0.39 is 17.4 Å². The number of carboxylic acids is 1. The van der Waals surface area contributed by atoms with E-state index in [9.17, 15) is 14.3 Å². The van der Waals surface area contributed by atoms with Crippen molar-refractivity contribution in [3.63, 3.8) is 0 Å². The van der Waals surface area contributed by atoms with Crippen LogP contribution in [-0.4, -0.2) is 47.3 Å². The summed E-state index contributed by atoms with van der Waals surface area (Å²) in [6.45, 7) is 2.37. The molecular weight excluding hydrogens is 323 g/mol. The number of carbonyl (C=O) groups is 1. The summed E-state index contributed by atoms with van der Waals surface area (Å²) in [5.41, 5.74) is 4.70. The van der Waals surface area contributed by atoms with Crippen molar-refractivity contribution in [3.8, 4) is 5.75 Å². The minimum atomic E-state index is -1.26. The van der Waals surface area contributed by atoms with Crippen LogP contribution in [0, 0.1) is 11.7 Å². The number of piperidine rings is 1. The van der Waals surface area contributed by atoms with Gasteiger partial charge in [-0.05, 0) is 43.7 Å². The Morgan fingerprint density at radius 1 is 1.28 bits per heavy atom. The van der Waals surface area contributed by atoms with Gasteiger partial charge >= 0.3 is 5.97 Å². The number of benzene rings is 1. The Kier molecular flexibility index (Phi) is 5.59. The molecule has 0 bridgehead atoms. The molecule has 2 aliphatic rings. The lowest BCUT2D eigenvalue weighted by atomic mass is 9.85. The molecule has 0 radical (unpaired) electrons. The largest absolute Gasteiger partial charge is 0.478 e. The lowest BCUT2D eigenvalue weighted by molar-refractivity contribution is -0.160. The molecular formula is C19H27FN2O3. The molecule has 1 aliphatic heterocycles. The van der Waals surface area contributed by atoms with Gasteiger partial charge in [0.2, 0.25) is 5.60 Å². The van der Waals surface area contributed by atoms with Crippen molar-refractivity contribution in [2.24, 2.45) is 11.7 Å². The Balaban J connectivity index is 1.58. The molecule has 1 heterocycles. The van der Waals surface area contributed by atoms with E-state index in [1.807, 2.05) is 0 Å². The van der Waals surface area contributed by atoms with E-state index in [4.69, 9.17) is 10.5 Å². The number of nitrogens with zero attached hydrogens (tertiary/aromatic N) is 1. The third-order valence-corrected chi connectivity index (χ3v) is 5.57. The minimum Gasteiger partial charge on any atom is -0.478 e. The average molecular weight is 350 g/mol. The molecule has 0 spiro atoms. The van der Waals surface area contributed by atoms with Gasteiger partial charge in [0.25, 0.3) is 0 Å². The third kappa shape index (κ3) is 4.50. The van der Waals surface area contributed by atoms with Crippen LogP contribution in [-0.2, 0) is 4.79 Å². The molecule has 138 valence electrons. The van der Waals surface area contributed by atoms with E-state index in [2.05, 4.69) is 4.90 Å². The number of hydrogen-bond donors (Lipinski definition) is 2. The van der Waals surface area contributed by atoms with Crippen molar-refractivity contribution in [2.75, 3.05) is 19.6 Å². The summed E-state index contributed by atoms with van der Waals surface area (Å²) < 4.78 is 19.1. The second-order valence-corrected chi connectivity index (χ2v) is 7.44. The second kappa shape index (κ2) is 7.70. The zero-order valence-corrected chi connectivity index (χ0v) is 14.5. The van der Waals surface area contributed by atoms with Crippen LogP contribution in [0.1, 0.15) is 38.5 Å². The molecule has 0 unspecified atom stereocenters. The molecule has 25 heavy (non-hydrogen) atoms. The van der Waals surface area contributed by atoms with Gasteiger partial charge in [-0.3, -0.25) is 0 Å². The maximum atomic E-state index is 13.4. The van der Waals surface area contributed by atoms with Crippen molar-refractivity contribution in [1.29, 1.82) is 0 Å². The molecule has 1 aromatic rings. The molecule has 0 atom stereocenters. The fourth-order valence-electron chi connectivity index (χ4n) is 3.95. The van der Waals surface area contributed by atoms with Crippen LogP contribution in [0.5, 0.6) is 5.75 Å². The molecule has 5 nitrogen and oxygen atoms in total. The highest BCUT2D eigenvalue weighted by molar-refractivity contribution is 5.78. The number of carboxylic acid groups (broad SMARTS) is 1. The van der Waals surface area contributed by atoms with E-state index in [-0.39, 0.29) is 5.75 Å². The van der Waals surface area contributed by atoms with Gasteiger partial charge in [-0.1, -0.05) is 6.07 Å². The summed E-state index contributed by atoms with van der Waals surface area (Å²) in [5, 5.41) is 9.71. The maximum absolute atomic E-state index is 13.4. The maximum Gasteiger partial charge on any atom is 0.348 e. The summed E-state index contributed by atoms with van der Waals surface area (Å²) in [4.78, 5) is 14.2. The first kappa shape index (κ1) is 18.1. The number of halogens is 1. The van der Waals surface area contributed by atoms with Crippen LogP contribution in [0.3, 0.4) is 0 Å². The number of hydrogen-bond acceptors (Lipinski definition) is 4. The molecule has 1 aliphatic carbocycles. The van der Waals surface area contributed by atoms with E-state index in [1.54, 1.807) is 6.07 Å². The lowest BCUT2D eigenvalue weighted by Crippen LogP contribution is -2.54. The SMILES string of the molecule is NC1CCC(CN2CCC(Oc3cccc(F)c3)(C(=O)O)CC2)CC1. The van der Waals surface area contributed by atoms with Crippen LogP contribution < -0.4 is 10.5 Å². The van der Waals surface area contributed by atoms with Gasteiger partial charge < -0.3 is 20.5 Å². The Hall–Kier alpha value is -1.66. The fraction of sp³-hybridized carbons (Fsp3) is 0.632. The van der Waals surface area contributed by atoms with Gasteiger partial charge in [-0.2, -0.15) is 0 Å². The number of ether oxygens (including phenoxy) is 1. The molecule has 0 aromatic heterocycles. The van der Waals surface area contributed by atoms with Gasteiger partial charge in [-0.25, -0.2) is 9.18 Å². The molecule has 0 amide bonds. The summed E-state index contributed by atoms with van der Waals surface area (Å²) in [6.07, 6.45) is 5.29. The summed E-state index contributed by atoms with van der Waals surface area (Å²) in [5.74, 6) is -0.468. The van der Waals surface area contributed by atoms with Crippen LogP contribution in [0.2, 0.25) is 0 Å². The number of likely N-dealkylation sites (tertiary alicyclic amines) is 1. The second-order valence-electron chi connectivity index (χ2n) is 7.44. The predicted octanol–water partition coefficient (Wildman–Crippen LogP) is 2.64. The monoisotopic (exact) mass is 350 g/mol. The van der Waals surface area contributed by atoms with Crippen molar-refractivity contribution in [2.45, 2.75) is 50.2 Å². The molecule has 6 heteroatoms. The Morgan fingerprint density at radius 2 is 1.96 bits per heavy atom. The smallest absolute Gasteiger partial charge is 0.348 e. The van der Waals surface area contributed by atoms with Crippen molar-refractivity contribution in [3.05, 3.63) is 30.1 Å². The normalized spacial score (nSPS) is 27.0. The predicted molar refractivity (Wildman–Crippen MR) is 93.0 cm³/mol. The molecule has 1 aromatic carbocycles. The highest BCUT2D eigenvalue weighted by atomic mass is 19.1. The first-order chi connectivity index (χ1) is 12.0. The first-order valence-electron chi connectivity index (χ1n) is 9.13. The molecule has 3 rings (SSSR count). The van der Waals surface area contributed by atoms with Crippen molar-refractivity contribution >= 4 is 5.97 Å². The summed E-state index contributed by atoms with van der Waals surface area (Å²) >= 11 is 0. The number of rotatable bonds is 5. The Morgan fingerprint density at radius 3 is 2.56 bits per heavy atom. The van der Waals surface area contributed by atoms with Gasteiger partial charge in [-0.15, -0.1) is 0 Å². The first-order valence-corrected chi connectivity index (χ1v) is 9.13. The van der Waals surface area contributed by atoms with Crippen LogP contribution in [0.15, 0.2) is 24.3 Å². The number of aliphatic carboxylic acids is 1. The topological polar surface area (TPSA) is 75.8 Å². The van der Waals surface area contributed by atoms with E-state index in [0.29, 0.717) is 37.9 Å². The average Bonchev–Trinajstić information content (AvgIpc) is 2.59. The molecule has 2 fully saturated rings. The van der Waals surface area contributed by atoms with Crippen LogP contribution in [0.25, 0.3) is 0 Å². The van der Waals surface area contributed by atoms with E-state index >= 15 is 0 Å². The Labute approximate surface area is 147 Å². The van der Waals surface area contributed by atoms with Gasteiger partial charge in [0.1, 0.15) is 11.6 Å². The summed E-state index contributed by atoms with van der Waals surface area (Å²) in [6, 6.07) is 6.03. The third-order valence-electron chi connectivity index (χ3n) is 5.57. The fourth-order valence-corrected chi connectivity index (χ4v) is 3.95. The zero-order valence-electron chi connectivity index (χ0n) is 14.5. The van der Waals surface area contributed by atoms with Crippen LogP contribution in [0.4, 0.5) is 4.39 Å². The molecule has 1 saturated heterocycles. The molecule has 1 saturated carbocycles. The Bertz CT molecular complexity index is 594. The zero-order chi connectivity index (χ0) is 17.9. The standard InChI is InChI=1S/C19H27FN2O3/c20-15-2-1-3-17(12-15)25-19(18(23)24)8-10-22(11-9-19)13-14-4-6-16(21)7-5-14/h1-3,12,14,16H,4-11,13,21H2,(H,23,24). The van der Waals surface area contributed by atoms with E-state index in [0.717, 1.165) is 32.2 Å². The highest BCUT2D eigenvalue weighted by Crippen LogP contribution is 2.31. The van der Waals surface area contributed by atoms with Gasteiger partial charge in [0.15, 0.2) is 0 Å². The lowest BCUT2D eigenvalue weighted by Gasteiger charge is -2.40. The minimum absolute atomic E-state index is 0.275. The summed E-state index contributed by atoms with van der Waals surface area (Å²) in [7, 11) is 0. The number of nitrogens with two attached hydrogens (primary N) is 1. The van der Waals surface area contributed by atoms with Crippen molar-refractivity contribution in [1.82, 2.24) is 4.90 Å². The van der Waals surface area contributed by atoms with E-state index in [1.165, 1.54) is 18.2 Å². The van der Waals surface area contributed by atoms with Gasteiger partial charge in [0.05, 0.1) is 0 Å². The van der Waals surface area contributed by atoms with Gasteiger partial charge in [0, 0.05) is 44.6 Å².